The fourth-order valence-electron chi connectivity index (χ4n) is 9.44. The Morgan fingerprint density at radius 1 is 0.420 bits per heavy atom. The first kappa shape index (κ1) is 74.9. The van der Waals surface area contributed by atoms with Gasteiger partial charge in [-0.25, -0.2) is 4.79 Å². The van der Waals surface area contributed by atoms with Gasteiger partial charge in [-0.3, -0.25) is 14.4 Å². The molecule has 81 heavy (non-hydrogen) atoms. The molecule has 0 aliphatic carbocycles. The molecule has 12 nitrogen and oxygen atoms in total. The van der Waals surface area contributed by atoms with E-state index in [4.69, 9.17) is 23.7 Å². The van der Waals surface area contributed by atoms with E-state index in [1.54, 1.807) is 0 Å². The number of aliphatic carboxylic acids is 1. The second kappa shape index (κ2) is 56.4. The van der Waals surface area contributed by atoms with Crippen molar-refractivity contribution in [1.29, 1.82) is 0 Å². The topological polar surface area (TPSA) is 175 Å². The first-order chi connectivity index (χ1) is 39.6. The van der Waals surface area contributed by atoms with Crippen molar-refractivity contribution in [3.8, 4) is 0 Å². The lowest BCUT2D eigenvalue weighted by molar-refractivity contribution is -0.301. The minimum atomic E-state index is -1.91. The van der Waals surface area contributed by atoms with Gasteiger partial charge in [-0.15, -0.1) is 0 Å². The standard InChI is InChI=1S/C69H116O12/c1-4-7-10-13-16-19-22-25-28-30-31-33-36-39-42-45-48-51-54-57-63(72)80-67-65(74)64(73)66(68(75)76)81-69(67)78-59-60(79-62(71)56-53-50-47-44-41-38-34-27-24-21-18-15-12-9-6-3)58-77-61(70)55-52-49-46-43-40-37-35-32-29-26-23-20-17-14-11-8-5-2/h8,11,16-17,19-20,25-29,31,33-34,60,64-67,69,73-74H,4-7,9-10,12-15,18,21-24,30,32,35-59H2,1-3H3,(H,75,76)/b11-8-,19-16-,20-17-,28-25-,29-26-,33-31-,34-27-. The molecule has 464 valence electrons. The molecule has 1 saturated heterocycles. The number of carboxylic acid groups (broad SMARTS) is 1. The molecular formula is C69H116O12. The van der Waals surface area contributed by atoms with Crippen LogP contribution >= 0.6 is 0 Å². The molecule has 0 radical (unpaired) electrons. The Labute approximate surface area is 492 Å². The van der Waals surface area contributed by atoms with Crippen molar-refractivity contribution < 1.29 is 58.2 Å². The molecule has 6 atom stereocenters. The highest BCUT2D eigenvalue weighted by molar-refractivity contribution is 5.74. The Balaban J connectivity index is 2.67. The zero-order valence-corrected chi connectivity index (χ0v) is 51.3. The van der Waals surface area contributed by atoms with E-state index in [2.05, 4.69) is 106 Å². The molecule has 1 fully saturated rings. The summed E-state index contributed by atoms with van der Waals surface area (Å²) in [6.45, 7) is 5.85. The van der Waals surface area contributed by atoms with Gasteiger partial charge in [0.25, 0.3) is 0 Å². The summed E-state index contributed by atoms with van der Waals surface area (Å²) in [6, 6.07) is 0. The Kier molecular flexibility index (Phi) is 52.1. The minimum absolute atomic E-state index is 0.0418. The molecule has 3 N–H and O–H groups in total. The molecule has 0 saturated carbocycles. The van der Waals surface area contributed by atoms with Crippen LogP contribution in [0.3, 0.4) is 0 Å². The average molecular weight is 1140 g/mol. The minimum Gasteiger partial charge on any atom is -0.479 e. The summed E-state index contributed by atoms with van der Waals surface area (Å²) >= 11 is 0. The van der Waals surface area contributed by atoms with Gasteiger partial charge in [0.15, 0.2) is 24.6 Å². The van der Waals surface area contributed by atoms with Crippen LogP contribution in [0.1, 0.15) is 278 Å². The highest BCUT2D eigenvalue weighted by Gasteiger charge is 2.50. The third-order valence-corrected chi connectivity index (χ3v) is 14.4. The Hall–Kier alpha value is -4.10. The summed E-state index contributed by atoms with van der Waals surface area (Å²) in [6.07, 6.45) is 61.0. The highest BCUT2D eigenvalue weighted by atomic mass is 16.7. The molecule has 12 heteroatoms. The van der Waals surface area contributed by atoms with Crippen molar-refractivity contribution in [2.45, 2.75) is 314 Å². The van der Waals surface area contributed by atoms with Gasteiger partial charge in [0.05, 0.1) is 6.61 Å². The van der Waals surface area contributed by atoms with E-state index in [0.717, 1.165) is 148 Å². The quantitative estimate of drug-likeness (QED) is 0.0228. The number of aliphatic hydroxyl groups excluding tert-OH is 2. The molecule has 0 aromatic rings. The summed E-state index contributed by atoms with van der Waals surface area (Å²) in [5, 5.41) is 31.6. The maximum Gasteiger partial charge on any atom is 0.335 e. The van der Waals surface area contributed by atoms with Crippen molar-refractivity contribution in [2.75, 3.05) is 13.2 Å². The number of rotatable bonds is 55. The fraction of sp³-hybridized carbons (Fsp3) is 0.739. The van der Waals surface area contributed by atoms with Gasteiger partial charge in [0.2, 0.25) is 0 Å². The second-order valence-electron chi connectivity index (χ2n) is 22.0. The summed E-state index contributed by atoms with van der Waals surface area (Å²) in [7, 11) is 0. The van der Waals surface area contributed by atoms with E-state index in [-0.39, 0.29) is 25.9 Å². The van der Waals surface area contributed by atoms with Crippen molar-refractivity contribution in [3.05, 3.63) is 85.1 Å². The first-order valence-corrected chi connectivity index (χ1v) is 32.6. The van der Waals surface area contributed by atoms with Crippen LogP contribution in [0.25, 0.3) is 0 Å². The third-order valence-electron chi connectivity index (χ3n) is 14.4. The molecule has 0 amide bonds. The van der Waals surface area contributed by atoms with Crippen molar-refractivity contribution in [2.24, 2.45) is 0 Å². The molecule has 1 aliphatic heterocycles. The van der Waals surface area contributed by atoms with Gasteiger partial charge in [0.1, 0.15) is 18.8 Å². The number of aliphatic hydroxyl groups is 2. The zero-order valence-electron chi connectivity index (χ0n) is 51.3. The van der Waals surface area contributed by atoms with Crippen LogP contribution in [0.4, 0.5) is 0 Å². The third kappa shape index (κ3) is 46.0. The number of esters is 3. The normalized spacial score (nSPS) is 18.3. The lowest BCUT2D eigenvalue weighted by atomic mass is 9.98. The maximum absolute atomic E-state index is 13.2. The van der Waals surface area contributed by atoms with Crippen LogP contribution in [0.15, 0.2) is 85.1 Å². The van der Waals surface area contributed by atoms with E-state index in [0.29, 0.717) is 19.3 Å². The van der Waals surface area contributed by atoms with E-state index >= 15 is 0 Å². The molecule has 1 aliphatic rings. The number of carbonyl (C=O) groups excluding carboxylic acids is 3. The number of carbonyl (C=O) groups is 4. The number of unbranched alkanes of at least 4 members (excludes halogenated alkanes) is 27. The van der Waals surface area contributed by atoms with E-state index in [1.807, 2.05) is 0 Å². The molecule has 1 heterocycles. The van der Waals surface area contributed by atoms with Crippen molar-refractivity contribution >= 4 is 23.9 Å². The van der Waals surface area contributed by atoms with Crippen molar-refractivity contribution in [3.63, 3.8) is 0 Å². The summed E-state index contributed by atoms with van der Waals surface area (Å²) in [5.74, 6) is -3.15. The SMILES string of the molecule is CC/C=C\C/C=C\C/C=C\CCCCCCCCCC(=O)OCC(COC1OC(C(=O)O)C(O)C(O)C1OC(=O)CCCCCCCC/C=C\C/C=C\C/C=C\CCCCC)OC(=O)CCCCCCC/C=C\CCCCCCCC. The largest absolute Gasteiger partial charge is 0.479 e. The number of carboxylic acids is 1. The van der Waals surface area contributed by atoms with E-state index < -0.39 is 67.3 Å². The molecule has 0 spiro atoms. The first-order valence-electron chi connectivity index (χ1n) is 32.6. The van der Waals surface area contributed by atoms with Gasteiger partial charge in [-0.2, -0.15) is 0 Å². The van der Waals surface area contributed by atoms with Crippen LogP contribution in [0.5, 0.6) is 0 Å². The number of hydrogen-bond acceptors (Lipinski definition) is 11. The Bertz CT molecular complexity index is 1730. The van der Waals surface area contributed by atoms with Crippen LogP contribution < -0.4 is 0 Å². The van der Waals surface area contributed by atoms with E-state index in [9.17, 15) is 34.5 Å². The number of ether oxygens (including phenoxy) is 5. The lowest BCUT2D eigenvalue weighted by Crippen LogP contribution is -2.61. The number of hydrogen-bond donors (Lipinski definition) is 3. The van der Waals surface area contributed by atoms with Gasteiger partial charge >= 0.3 is 23.9 Å². The van der Waals surface area contributed by atoms with Gasteiger partial charge < -0.3 is 39.0 Å². The highest BCUT2D eigenvalue weighted by Crippen LogP contribution is 2.26. The fourth-order valence-corrected chi connectivity index (χ4v) is 9.44. The van der Waals surface area contributed by atoms with Crippen LogP contribution in [-0.2, 0) is 42.9 Å². The smallest absolute Gasteiger partial charge is 0.335 e. The Morgan fingerprint density at radius 2 is 0.778 bits per heavy atom. The van der Waals surface area contributed by atoms with Gasteiger partial charge in [-0.05, 0) is 116 Å². The molecular weight excluding hydrogens is 1020 g/mol. The van der Waals surface area contributed by atoms with Crippen LogP contribution in [-0.4, -0.2) is 89.2 Å². The molecule has 0 bridgehead atoms. The predicted octanol–water partition coefficient (Wildman–Crippen LogP) is 17.5. The molecule has 0 aromatic carbocycles. The average Bonchev–Trinajstić information content (AvgIpc) is 3.53. The van der Waals surface area contributed by atoms with Crippen molar-refractivity contribution in [1.82, 2.24) is 0 Å². The monoisotopic (exact) mass is 1140 g/mol. The van der Waals surface area contributed by atoms with E-state index in [1.165, 1.54) is 70.6 Å². The lowest BCUT2D eigenvalue weighted by Gasteiger charge is -2.40. The summed E-state index contributed by atoms with van der Waals surface area (Å²) in [5.41, 5.74) is 0. The second-order valence-corrected chi connectivity index (χ2v) is 22.0. The molecule has 6 unspecified atom stereocenters. The van der Waals surface area contributed by atoms with Gasteiger partial charge in [0, 0.05) is 19.3 Å². The molecule has 0 aromatic heterocycles. The van der Waals surface area contributed by atoms with Gasteiger partial charge in [-0.1, -0.05) is 228 Å². The zero-order chi connectivity index (χ0) is 58.9. The van der Waals surface area contributed by atoms with Crippen LogP contribution in [0, 0.1) is 0 Å². The Morgan fingerprint density at radius 3 is 1.22 bits per heavy atom. The predicted molar refractivity (Wildman–Crippen MR) is 331 cm³/mol. The molecule has 1 rings (SSSR count). The summed E-state index contributed by atoms with van der Waals surface area (Å²) < 4.78 is 28.5. The number of allylic oxidation sites excluding steroid dienone is 14. The summed E-state index contributed by atoms with van der Waals surface area (Å²) in [4.78, 5) is 51.3. The maximum atomic E-state index is 13.2. The van der Waals surface area contributed by atoms with Crippen LogP contribution in [0.2, 0.25) is 0 Å².